The average Bonchev–Trinajstić information content (AvgIpc) is 1.66. The third kappa shape index (κ3) is 16.3. The van der Waals surface area contributed by atoms with Crippen molar-refractivity contribution in [2.75, 3.05) is 26.4 Å². The normalized spacial score (nSPS) is 24.1. The topological polar surface area (TPSA) is 186 Å². The maximum Gasteiger partial charge on any atom is 0.417 e. The number of nitrogens with zero attached hydrogens (tertiary/aromatic N) is 4. The lowest BCUT2D eigenvalue weighted by molar-refractivity contribution is -0.130. The quantitative estimate of drug-likeness (QED) is 0.0699. The largest absolute Gasteiger partial charge is 0.447 e. The van der Waals surface area contributed by atoms with Crippen LogP contribution in [-0.4, -0.2) is 118 Å². The van der Waals surface area contributed by atoms with E-state index in [1.54, 1.807) is 6.08 Å². The van der Waals surface area contributed by atoms with E-state index in [4.69, 9.17) is 18.9 Å². The van der Waals surface area contributed by atoms with Gasteiger partial charge in [-0.3, -0.25) is 19.2 Å². The van der Waals surface area contributed by atoms with Gasteiger partial charge in [-0.1, -0.05) is 246 Å². The van der Waals surface area contributed by atoms with Gasteiger partial charge in [0.2, 0.25) is 17.7 Å². The molecule has 16 rings (SSSR count). The molecule has 534 valence electrons. The summed E-state index contributed by atoms with van der Waals surface area (Å²) in [6.07, 6.45) is 6.84. The Balaban J connectivity index is 0.000000123. The molecule has 8 aliphatic rings. The van der Waals surface area contributed by atoms with E-state index in [9.17, 15) is 38.4 Å². The predicted octanol–water partition coefficient (Wildman–Crippen LogP) is 16.9. The van der Waals surface area contributed by atoms with Gasteiger partial charge in [0, 0.05) is 25.3 Å². The number of hydrogen-bond acceptors (Lipinski definition) is 12. The molecule has 16 nitrogen and oxygen atoms in total. The van der Waals surface area contributed by atoms with Gasteiger partial charge in [0.15, 0.2) is 0 Å². The van der Waals surface area contributed by atoms with E-state index in [2.05, 4.69) is 70.2 Å². The average molecular weight is 1400 g/mol. The number of ether oxygens (including phenoxy) is 4. The van der Waals surface area contributed by atoms with Crippen LogP contribution in [0.25, 0.3) is 5.57 Å². The van der Waals surface area contributed by atoms with Crippen molar-refractivity contribution in [1.82, 2.24) is 19.6 Å². The number of allylic oxidation sites excluding steroid dienone is 1. The van der Waals surface area contributed by atoms with Crippen LogP contribution in [0.5, 0.6) is 0 Å². The van der Waals surface area contributed by atoms with E-state index in [0.29, 0.717) is 68.6 Å². The van der Waals surface area contributed by atoms with Crippen molar-refractivity contribution in [3.05, 3.63) is 291 Å². The van der Waals surface area contributed by atoms with Crippen LogP contribution in [0.3, 0.4) is 0 Å². The van der Waals surface area contributed by atoms with E-state index in [1.165, 1.54) is 58.5 Å². The summed E-state index contributed by atoms with van der Waals surface area (Å²) in [7, 11) is 0. The second-order valence-corrected chi connectivity index (χ2v) is 29.0. The van der Waals surface area contributed by atoms with Crippen molar-refractivity contribution in [3.8, 4) is 0 Å². The number of carbonyl (C=O) groups excluding carboxylic acids is 8. The standard InChI is InChI=1S/3C22H23NO3.C22H21NO3/c4*1-15-11-17(20-10-6-5-9-19(15)20)13-21(24)23-18(14-26-22(23)25)12-16-7-3-2-4-8-16/h3*2-10,15,17-18H,11-14H2,1H3;2-10,13,15,18H,11-12,14H2,1H3/b;;;17-13+/t2*15-,17+,18-;15-,17-,18-;15-,18-/m0000/s1. The second-order valence-electron chi connectivity index (χ2n) is 29.0. The molecule has 0 radical (unpaired) electrons. The lowest BCUT2D eigenvalue weighted by Crippen LogP contribution is -2.40. The molecule has 0 N–H and O–H groups in total. The fourth-order valence-electron chi connectivity index (χ4n) is 16.8. The summed E-state index contributed by atoms with van der Waals surface area (Å²) in [4.78, 5) is 106. The van der Waals surface area contributed by atoms with Crippen molar-refractivity contribution in [2.45, 2.75) is 164 Å². The molecule has 0 bridgehead atoms. The number of cyclic esters (lactones) is 4. The van der Waals surface area contributed by atoms with Crippen LogP contribution in [-0.2, 0) is 63.8 Å². The number of fused-ring (bicyclic) bond motifs is 4. The lowest BCUT2D eigenvalue weighted by atomic mass is 9.96. The summed E-state index contributed by atoms with van der Waals surface area (Å²) in [5, 5.41) is 0. The number of benzene rings is 8. The molecule has 11 atom stereocenters. The van der Waals surface area contributed by atoms with Gasteiger partial charge in [-0.15, -0.1) is 0 Å². The molecule has 4 aliphatic heterocycles. The number of rotatable bonds is 15. The maximum atomic E-state index is 13.0. The third-order valence-electron chi connectivity index (χ3n) is 21.9. The summed E-state index contributed by atoms with van der Waals surface area (Å²) < 4.78 is 20.7. The third-order valence-corrected chi connectivity index (χ3v) is 21.9. The Morgan fingerprint density at radius 1 is 0.327 bits per heavy atom. The van der Waals surface area contributed by atoms with Crippen LogP contribution in [0.2, 0.25) is 0 Å². The Bertz CT molecular complexity index is 4120. The van der Waals surface area contributed by atoms with Crippen molar-refractivity contribution in [2.24, 2.45) is 0 Å². The minimum absolute atomic E-state index is 0.123. The van der Waals surface area contributed by atoms with Crippen molar-refractivity contribution in [3.63, 3.8) is 0 Å². The minimum Gasteiger partial charge on any atom is -0.447 e. The Morgan fingerprint density at radius 2 is 0.587 bits per heavy atom. The molecule has 8 amide bonds. The van der Waals surface area contributed by atoms with E-state index < -0.39 is 24.4 Å². The van der Waals surface area contributed by atoms with Crippen molar-refractivity contribution < 1.29 is 57.3 Å². The highest BCUT2D eigenvalue weighted by molar-refractivity contribution is 6.04. The maximum absolute atomic E-state index is 13.0. The molecular formula is C88H90N4O12. The first-order chi connectivity index (χ1) is 50.5. The van der Waals surface area contributed by atoms with Crippen LogP contribution in [0.1, 0.15) is 181 Å². The van der Waals surface area contributed by atoms with Gasteiger partial charge in [0.05, 0.1) is 24.2 Å². The van der Waals surface area contributed by atoms with Gasteiger partial charge < -0.3 is 18.9 Å². The smallest absolute Gasteiger partial charge is 0.417 e. The Kier molecular flexibility index (Phi) is 22.5. The molecule has 4 aliphatic carbocycles. The van der Waals surface area contributed by atoms with Gasteiger partial charge in [-0.05, 0) is 165 Å². The van der Waals surface area contributed by atoms with Crippen LogP contribution in [0.4, 0.5) is 19.2 Å². The molecule has 8 aromatic rings. The highest BCUT2D eigenvalue weighted by Crippen LogP contribution is 2.47. The van der Waals surface area contributed by atoms with Crippen LogP contribution in [0.15, 0.2) is 224 Å². The molecule has 104 heavy (non-hydrogen) atoms. The van der Waals surface area contributed by atoms with Crippen LogP contribution >= 0.6 is 0 Å². The Hall–Kier alpha value is -10.7. The zero-order valence-electron chi connectivity index (χ0n) is 59.5. The van der Waals surface area contributed by atoms with Crippen molar-refractivity contribution >= 4 is 53.6 Å². The molecule has 0 unspecified atom stereocenters. The van der Waals surface area contributed by atoms with Gasteiger partial charge in [0.1, 0.15) is 26.4 Å². The first-order valence-corrected chi connectivity index (χ1v) is 36.7. The monoisotopic (exact) mass is 1390 g/mol. The summed E-state index contributed by atoms with van der Waals surface area (Å²) in [5.41, 5.74) is 15.5. The molecule has 0 saturated carbocycles. The number of hydrogen-bond donors (Lipinski definition) is 0. The highest BCUT2D eigenvalue weighted by atomic mass is 16.6. The summed E-state index contributed by atoms with van der Waals surface area (Å²) >= 11 is 0. The van der Waals surface area contributed by atoms with Gasteiger partial charge >= 0.3 is 24.4 Å². The Morgan fingerprint density at radius 3 is 0.904 bits per heavy atom. The molecule has 0 spiro atoms. The molecule has 16 heteroatoms. The van der Waals surface area contributed by atoms with Crippen LogP contribution in [0, 0.1) is 0 Å². The number of carbonyl (C=O) groups is 8. The number of imide groups is 4. The van der Waals surface area contributed by atoms with Crippen LogP contribution < -0.4 is 0 Å². The van der Waals surface area contributed by atoms with E-state index in [-0.39, 0.29) is 92.0 Å². The predicted molar refractivity (Wildman–Crippen MR) is 396 cm³/mol. The van der Waals surface area contributed by atoms with E-state index in [0.717, 1.165) is 59.1 Å². The Labute approximate surface area is 608 Å². The van der Waals surface area contributed by atoms with E-state index >= 15 is 0 Å². The molecular weight excluding hydrogens is 1300 g/mol. The fourth-order valence-corrected chi connectivity index (χ4v) is 16.8. The molecule has 8 aromatic carbocycles. The fraction of sp³-hybridized carbons (Fsp3) is 0.341. The molecule has 0 aromatic heterocycles. The lowest BCUT2D eigenvalue weighted by Gasteiger charge is -2.21. The zero-order chi connectivity index (χ0) is 72.4. The first kappa shape index (κ1) is 71.6. The van der Waals surface area contributed by atoms with E-state index in [1.807, 2.05) is 176 Å². The summed E-state index contributed by atoms with van der Waals surface area (Å²) in [6.45, 7) is 9.83. The molecule has 4 fully saturated rings. The second kappa shape index (κ2) is 32.7. The number of amides is 8. The van der Waals surface area contributed by atoms with Gasteiger partial charge in [-0.2, -0.15) is 0 Å². The minimum atomic E-state index is -0.549. The summed E-state index contributed by atoms with van der Waals surface area (Å²) in [6, 6.07) is 71.9. The zero-order valence-corrected chi connectivity index (χ0v) is 59.5. The van der Waals surface area contributed by atoms with Gasteiger partial charge in [-0.25, -0.2) is 38.8 Å². The highest BCUT2D eigenvalue weighted by Gasteiger charge is 2.44. The van der Waals surface area contributed by atoms with Crippen molar-refractivity contribution in [1.29, 1.82) is 0 Å². The molecule has 4 saturated heterocycles. The molecule has 4 heterocycles. The summed E-state index contributed by atoms with van der Waals surface area (Å²) in [5.74, 6) is 1.63. The first-order valence-electron chi connectivity index (χ1n) is 36.7. The van der Waals surface area contributed by atoms with Gasteiger partial charge in [0.25, 0.3) is 5.91 Å². The SMILES string of the molecule is C[C@H]1C/C(=C\C(=O)N2C(=O)OC[C@@H]2Cc2ccccc2)c2ccccc21.C[C@H]1C[C@@H](CC(=O)N2C(=O)OC[C@@H]2Cc2ccccc2)c2ccccc21.C[C@H]1C[C@H](CC(=O)N2C(=O)OC[C@@H]2Cc2ccccc2)c2ccccc21.C[C@H]1C[C@H](CC(=O)N2C(=O)OC[C@@H]2Cc2ccccc2)c2ccccc21.